The van der Waals surface area contributed by atoms with Crippen LogP contribution in [0.2, 0.25) is 0 Å². The number of nitrogens with zero attached hydrogens (tertiary/aromatic N) is 2. The van der Waals surface area contributed by atoms with Crippen LogP contribution in [0.25, 0.3) is 10.9 Å². The monoisotopic (exact) mass is 399 g/mol. The van der Waals surface area contributed by atoms with Crippen molar-refractivity contribution >= 4 is 16.8 Å². The molecule has 150 valence electrons. The molecule has 3 heterocycles. The van der Waals surface area contributed by atoms with Crippen molar-refractivity contribution in [1.29, 1.82) is 0 Å². The average molecular weight is 399 g/mol. The van der Waals surface area contributed by atoms with Gasteiger partial charge in [0.05, 0.1) is 0 Å². The quantitative estimate of drug-likeness (QED) is 0.528. The van der Waals surface area contributed by atoms with Gasteiger partial charge >= 0.3 is 0 Å². The molecule has 4 aromatic rings. The minimum atomic E-state index is -0.0186. The highest BCUT2D eigenvalue weighted by molar-refractivity contribution is 5.94. The third kappa shape index (κ3) is 3.59. The summed E-state index contributed by atoms with van der Waals surface area (Å²) in [6.07, 6.45) is 6.07. The maximum atomic E-state index is 13.2. The minimum absolute atomic E-state index is 0.0186. The van der Waals surface area contributed by atoms with Gasteiger partial charge in [0, 0.05) is 48.1 Å². The highest BCUT2D eigenvalue weighted by atomic mass is 16.7. The fourth-order valence-corrected chi connectivity index (χ4v) is 3.78. The number of pyridine rings is 1. The Morgan fingerprint density at radius 3 is 2.77 bits per heavy atom. The number of para-hydroxylation sites is 1. The summed E-state index contributed by atoms with van der Waals surface area (Å²) in [4.78, 5) is 22.4. The second-order valence-electron chi connectivity index (χ2n) is 7.26. The predicted octanol–water partition coefficient (Wildman–Crippen LogP) is 4.18. The number of rotatable bonds is 6. The molecule has 1 aliphatic heterocycles. The number of carbonyl (C=O) groups is 1. The first-order chi connectivity index (χ1) is 14.8. The zero-order chi connectivity index (χ0) is 20.3. The molecule has 0 saturated carbocycles. The van der Waals surface area contributed by atoms with E-state index in [1.807, 2.05) is 41.4 Å². The molecule has 0 unspecified atom stereocenters. The Kier molecular flexibility index (Phi) is 4.81. The molecule has 6 heteroatoms. The lowest BCUT2D eigenvalue weighted by Crippen LogP contribution is -2.32. The van der Waals surface area contributed by atoms with Crippen molar-refractivity contribution in [2.24, 2.45) is 0 Å². The third-order valence-corrected chi connectivity index (χ3v) is 5.35. The van der Waals surface area contributed by atoms with Crippen LogP contribution in [0, 0.1) is 0 Å². The van der Waals surface area contributed by atoms with Crippen molar-refractivity contribution in [3.63, 3.8) is 0 Å². The number of nitrogens with one attached hydrogen (secondary N) is 1. The van der Waals surface area contributed by atoms with E-state index in [0.717, 1.165) is 29.0 Å². The van der Waals surface area contributed by atoms with Crippen LogP contribution < -0.4 is 9.47 Å². The smallest absolute Gasteiger partial charge is 0.254 e. The topological polar surface area (TPSA) is 67.5 Å². The zero-order valence-electron chi connectivity index (χ0n) is 16.4. The summed E-state index contributed by atoms with van der Waals surface area (Å²) >= 11 is 0. The molecule has 1 N–H and O–H groups in total. The summed E-state index contributed by atoms with van der Waals surface area (Å²) in [5.74, 6) is 1.44. The first-order valence-corrected chi connectivity index (χ1v) is 9.91. The Balaban J connectivity index is 1.40. The molecule has 2 aromatic heterocycles. The van der Waals surface area contributed by atoms with E-state index in [1.165, 1.54) is 10.9 Å². The molecule has 2 aromatic carbocycles. The number of ether oxygens (including phenoxy) is 2. The molecule has 1 aliphatic rings. The predicted molar refractivity (Wildman–Crippen MR) is 114 cm³/mol. The maximum absolute atomic E-state index is 13.2. The van der Waals surface area contributed by atoms with Gasteiger partial charge in [0.1, 0.15) is 0 Å². The van der Waals surface area contributed by atoms with Crippen molar-refractivity contribution in [2.75, 3.05) is 13.3 Å². The molecule has 0 atom stereocenters. The SMILES string of the molecule is O=C(c1ccncc1)N(CCc1c[nH]c2ccccc12)Cc1ccc2c(c1)OCO2. The number of H-pyrrole nitrogens is 1. The molecule has 6 nitrogen and oxygen atoms in total. The standard InChI is InChI=1S/C24H21N3O3/c28-24(18-7-10-25-11-8-18)27(15-17-5-6-22-23(13-17)30-16-29-22)12-9-19-14-26-21-4-2-1-3-20(19)21/h1-8,10-11,13-14,26H,9,12,15-16H2. The van der Waals surface area contributed by atoms with Gasteiger partial charge in [0.2, 0.25) is 6.79 Å². The molecule has 0 saturated heterocycles. The second kappa shape index (κ2) is 7.91. The molecule has 0 fully saturated rings. The number of hydrogen-bond acceptors (Lipinski definition) is 4. The molecular weight excluding hydrogens is 378 g/mol. The molecular formula is C24H21N3O3. The summed E-state index contributed by atoms with van der Waals surface area (Å²) in [6.45, 7) is 1.32. The number of benzene rings is 2. The maximum Gasteiger partial charge on any atom is 0.254 e. The normalized spacial score (nSPS) is 12.3. The summed E-state index contributed by atoms with van der Waals surface area (Å²) in [7, 11) is 0. The molecule has 0 radical (unpaired) electrons. The van der Waals surface area contributed by atoms with Crippen LogP contribution in [-0.2, 0) is 13.0 Å². The molecule has 0 spiro atoms. The Labute approximate surface area is 174 Å². The van der Waals surface area contributed by atoms with E-state index in [-0.39, 0.29) is 12.7 Å². The fraction of sp³-hybridized carbons (Fsp3) is 0.167. The van der Waals surface area contributed by atoms with E-state index in [9.17, 15) is 4.79 Å². The van der Waals surface area contributed by atoms with Gasteiger partial charge in [-0.15, -0.1) is 0 Å². The number of aromatic nitrogens is 2. The van der Waals surface area contributed by atoms with Crippen LogP contribution in [0.3, 0.4) is 0 Å². The van der Waals surface area contributed by atoms with Crippen LogP contribution in [0.15, 0.2) is 73.2 Å². The third-order valence-electron chi connectivity index (χ3n) is 5.35. The number of fused-ring (bicyclic) bond motifs is 2. The van der Waals surface area contributed by atoms with E-state index in [4.69, 9.17) is 9.47 Å². The Bertz CT molecular complexity index is 1190. The van der Waals surface area contributed by atoms with Gasteiger partial charge in [-0.2, -0.15) is 0 Å². The van der Waals surface area contributed by atoms with E-state index < -0.39 is 0 Å². The van der Waals surface area contributed by atoms with E-state index >= 15 is 0 Å². The van der Waals surface area contributed by atoms with Gasteiger partial charge in [-0.1, -0.05) is 24.3 Å². The van der Waals surface area contributed by atoms with E-state index in [0.29, 0.717) is 18.7 Å². The second-order valence-corrected chi connectivity index (χ2v) is 7.26. The summed E-state index contributed by atoms with van der Waals surface area (Å²) in [5.41, 5.74) is 3.93. The van der Waals surface area contributed by atoms with Crippen molar-refractivity contribution in [3.05, 3.63) is 89.9 Å². The van der Waals surface area contributed by atoms with Gasteiger partial charge in [-0.3, -0.25) is 9.78 Å². The Hall–Kier alpha value is -3.80. The molecule has 5 rings (SSSR count). The van der Waals surface area contributed by atoms with Gasteiger partial charge in [-0.05, 0) is 47.9 Å². The van der Waals surface area contributed by atoms with Crippen molar-refractivity contribution in [1.82, 2.24) is 14.9 Å². The van der Waals surface area contributed by atoms with Crippen molar-refractivity contribution < 1.29 is 14.3 Å². The summed E-state index contributed by atoms with van der Waals surface area (Å²) in [5, 5.41) is 1.19. The minimum Gasteiger partial charge on any atom is -0.454 e. The van der Waals surface area contributed by atoms with Gasteiger partial charge in [0.25, 0.3) is 5.91 Å². The molecule has 0 aliphatic carbocycles. The van der Waals surface area contributed by atoms with Crippen LogP contribution in [0.4, 0.5) is 0 Å². The lowest BCUT2D eigenvalue weighted by Gasteiger charge is -2.23. The lowest BCUT2D eigenvalue weighted by atomic mass is 10.1. The zero-order valence-corrected chi connectivity index (χ0v) is 16.4. The highest BCUT2D eigenvalue weighted by Gasteiger charge is 2.19. The van der Waals surface area contributed by atoms with Gasteiger partial charge < -0.3 is 19.4 Å². The molecule has 30 heavy (non-hydrogen) atoms. The largest absolute Gasteiger partial charge is 0.454 e. The number of hydrogen-bond donors (Lipinski definition) is 1. The van der Waals surface area contributed by atoms with Crippen molar-refractivity contribution in [2.45, 2.75) is 13.0 Å². The molecule has 0 bridgehead atoms. The highest BCUT2D eigenvalue weighted by Crippen LogP contribution is 2.33. The average Bonchev–Trinajstić information content (AvgIpc) is 3.43. The Morgan fingerprint density at radius 1 is 1.03 bits per heavy atom. The molecule has 1 amide bonds. The first-order valence-electron chi connectivity index (χ1n) is 9.91. The summed E-state index contributed by atoms with van der Waals surface area (Å²) < 4.78 is 10.9. The number of carbonyl (C=O) groups excluding carboxylic acids is 1. The van der Waals surface area contributed by atoms with Crippen LogP contribution >= 0.6 is 0 Å². The first kappa shape index (κ1) is 18.2. The van der Waals surface area contributed by atoms with Gasteiger partial charge in [-0.25, -0.2) is 0 Å². The van der Waals surface area contributed by atoms with E-state index in [1.54, 1.807) is 24.5 Å². The lowest BCUT2D eigenvalue weighted by molar-refractivity contribution is 0.0745. The Morgan fingerprint density at radius 2 is 1.87 bits per heavy atom. The van der Waals surface area contributed by atoms with Crippen LogP contribution in [0.1, 0.15) is 21.5 Å². The van der Waals surface area contributed by atoms with Gasteiger partial charge in [0.15, 0.2) is 11.5 Å². The van der Waals surface area contributed by atoms with Crippen molar-refractivity contribution in [3.8, 4) is 11.5 Å². The number of amides is 1. The fourth-order valence-electron chi connectivity index (χ4n) is 3.78. The van der Waals surface area contributed by atoms with Crippen LogP contribution in [-0.4, -0.2) is 34.1 Å². The van der Waals surface area contributed by atoms with E-state index in [2.05, 4.69) is 22.1 Å². The summed E-state index contributed by atoms with van der Waals surface area (Å²) in [6, 6.07) is 17.5. The number of aromatic amines is 1. The van der Waals surface area contributed by atoms with Crippen LogP contribution in [0.5, 0.6) is 11.5 Å².